The molecule has 6 heteroatoms. The molecule has 0 saturated heterocycles. The van der Waals surface area contributed by atoms with Gasteiger partial charge in [0.25, 0.3) is 5.91 Å². The summed E-state index contributed by atoms with van der Waals surface area (Å²) in [4.78, 5) is 28.2. The normalized spacial score (nSPS) is 15.5. The van der Waals surface area contributed by atoms with Gasteiger partial charge in [0.1, 0.15) is 0 Å². The Kier molecular flexibility index (Phi) is 6.31. The van der Waals surface area contributed by atoms with Crippen LogP contribution in [-0.4, -0.2) is 47.9 Å². The number of rotatable bonds is 7. The minimum absolute atomic E-state index is 0.0858. The molecule has 0 aromatic heterocycles. The van der Waals surface area contributed by atoms with Gasteiger partial charge in [-0.25, -0.2) is 4.79 Å². The summed E-state index contributed by atoms with van der Waals surface area (Å²) < 4.78 is 0. The highest BCUT2D eigenvalue weighted by Gasteiger charge is 2.33. The summed E-state index contributed by atoms with van der Waals surface area (Å²) in [5.74, 6) is -0.0858. The van der Waals surface area contributed by atoms with Crippen molar-refractivity contribution in [3.63, 3.8) is 0 Å². The van der Waals surface area contributed by atoms with Gasteiger partial charge in [-0.05, 0) is 41.9 Å². The number of nitrogens with one attached hydrogen (secondary N) is 1. The lowest BCUT2D eigenvalue weighted by atomic mass is 9.97. The number of fused-ring (bicyclic) bond motifs is 1. The quantitative estimate of drug-likeness (QED) is 0.775. The minimum Gasteiger partial charge on any atom is -0.351 e. The number of hydrogen-bond acceptors (Lipinski definition) is 3. The Morgan fingerprint density at radius 2 is 1.79 bits per heavy atom. The van der Waals surface area contributed by atoms with Crippen molar-refractivity contribution >= 4 is 11.9 Å². The molecule has 1 atom stereocenters. The highest BCUT2D eigenvalue weighted by molar-refractivity contribution is 5.94. The number of nitrogens with two attached hydrogens (primary N) is 1. The van der Waals surface area contributed by atoms with Gasteiger partial charge in [0.15, 0.2) is 0 Å². The van der Waals surface area contributed by atoms with Crippen LogP contribution in [0.4, 0.5) is 4.79 Å². The number of urea groups is 1. The minimum atomic E-state index is -0.445. The Bertz CT molecular complexity index is 831. The van der Waals surface area contributed by atoms with Crippen molar-refractivity contribution < 1.29 is 9.59 Å². The molecule has 1 aliphatic rings. The molecular weight excluding hydrogens is 352 g/mol. The zero-order chi connectivity index (χ0) is 20.1. The Morgan fingerprint density at radius 3 is 2.43 bits per heavy atom. The number of carbonyl (C=O) groups excluding carboxylic acids is 2. The van der Waals surface area contributed by atoms with Gasteiger partial charge in [-0.3, -0.25) is 4.79 Å². The SMILES string of the molecule is CCN(CC)CCNC(=O)c1ccc(C2c3ccccc3CN2C(N)=O)cc1. The number of benzene rings is 2. The lowest BCUT2D eigenvalue weighted by Gasteiger charge is -2.24. The molecule has 0 radical (unpaired) electrons. The summed E-state index contributed by atoms with van der Waals surface area (Å²) in [5.41, 5.74) is 9.35. The third-order valence-electron chi connectivity index (χ3n) is 5.38. The molecule has 1 heterocycles. The van der Waals surface area contributed by atoms with Crippen molar-refractivity contribution in [3.8, 4) is 0 Å². The fourth-order valence-electron chi connectivity index (χ4n) is 3.74. The molecular formula is C22H28N4O2. The molecule has 0 bridgehead atoms. The van der Waals surface area contributed by atoms with E-state index in [-0.39, 0.29) is 11.9 Å². The van der Waals surface area contributed by atoms with Gasteiger partial charge in [-0.15, -0.1) is 0 Å². The van der Waals surface area contributed by atoms with Crippen LogP contribution >= 0.6 is 0 Å². The number of carbonyl (C=O) groups is 2. The molecule has 6 nitrogen and oxygen atoms in total. The van der Waals surface area contributed by atoms with Crippen LogP contribution in [-0.2, 0) is 6.54 Å². The molecule has 28 heavy (non-hydrogen) atoms. The first kappa shape index (κ1) is 19.9. The maximum atomic E-state index is 12.4. The van der Waals surface area contributed by atoms with E-state index in [1.54, 1.807) is 4.90 Å². The summed E-state index contributed by atoms with van der Waals surface area (Å²) in [7, 11) is 0. The van der Waals surface area contributed by atoms with E-state index >= 15 is 0 Å². The van der Waals surface area contributed by atoms with Crippen molar-refractivity contribution in [2.75, 3.05) is 26.2 Å². The number of nitrogens with zero attached hydrogens (tertiary/aromatic N) is 2. The highest BCUT2D eigenvalue weighted by Crippen LogP contribution is 2.38. The van der Waals surface area contributed by atoms with Gasteiger partial charge in [0, 0.05) is 25.2 Å². The lowest BCUT2D eigenvalue weighted by molar-refractivity contribution is 0.0949. The number of amides is 3. The van der Waals surface area contributed by atoms with E-state index in [4.69, 9.17) is 5.73 Å². The zero-order valence-electron chi connectivity index (χ0n) is 16.5. The molecule has 0 aliphatic carbocycles. The maximum Gasteiger partial charge on any atom is 0.315 e. The van der Waals surface area contributed by atoms with Crippen molar-refractivity contribution in [1.29, 1.82) is 0 Å². The second kappa shape index (κ2) is 8.89. The van der Waals surface area contributed by atoms with Crippen LogP contribution < -0.4 is 11.1 Å². The van der Waals surface area contributed by atoms with Crippen LogP contribution in [0, 0.1) is 0 Å². The van der Waals surface area contributed by atoms with E-state index < -0.39 is 6.03 Å². The molecule has 0 saturated carbocycles. The van der Waals surface area contributed by atoms with Gasteiger partial charge in [-0.2, -0.15) is 0 Å². The van der Waals surface area contributed by atoms with Crippen molar-refractivity contribution in [1.82, 2.24) is 15.1 Å². The molecule has 0 spiro atoms. The van der Waals surface area contributed by atoms with E-state index in [1.807, 2.05) is 48.5 Å². The van der Waals surface area contributed by atoms with E-state index in [0.29, 0.717) is 18.7 Å². The topological polar surface area (TPSA) is 78.7 Å². The Hall–Kier alpha value is -2.86. The number of primary amides is 1. The third-order valence-corrected chi connectivity index (χ3v) is 5.38. The molecule has 1 unspecified atom stereocenters. The molecule has 2 aromatic rings. The monoisotopic (exact) mass is 380 g/mol. The number of hydrogen-bond donors (Lipinski definition) is 2. The summed E-state index contributed by atoms with van der Waals surface area (Å²) in [5, 5.41) is 2.96. The summed E-state index contributed by atoms with van der Waals surface area (Å²) in [6.45, 7) is 8.13. The predicted molar refractivity (Wildman–Crippen MR) is 110 cm³/mol. The first-order valence-electron chi connectivity index (χ1n) is 9.79. The van der Waals surface area contributed by atoms with Crippen molar-refractivity contribution in [3.05, 3.63) is 70.8 Å². The molecule has 3 N–H and O–H groups in total. The predicted octanol–water partition coefficient (Wildman–Crippen LogP) is 2.74. The Balaban J connectivity index is 1.71. The number of likely N-dealkylation sites (N-methyl/N-ethyl adjacent to an activating group) is 1. The van der Waals surface area contributed by atoms with Gasteiger partial charge in [-0.1, -0.05) is 50.2 Å². The van der Waals surface area contributed by atoms with Crippen LogP contribution in [0.3, 0.4) is 0 Å². The summed E-state index contributed by atoms with van der Waals surface area (Å²) in [6.07, 6.45) is 0. The van der Waals surface area contributed by atoms with Crippen LogP contribution in [0.15, 0.2) is 48.5 Å². The maximum absolute atomic E-state index is 12.4. The third kappa shape index (κ3) is 4.17. The zero-order valence-corrected chi connectivity index (χ0v) is 16.5. The molecule has 148 valence electrons. The molecule has 0 fully saturated rings. The summed E-state index contributed by atoms with van der Waals surface area (Å²) >= 11 is 0. The molecule has 2 aromatic carbocycles. The van der Waals surface area contributed by atoms with Gasteiger partial charge in [0.2, 0.25) is 0 Å². The standard InChI is InChI=1S/C22H28N4O2/c1-3-25(4-2)14-13-24-21(27)17-11-9-16(10-12-17)20-19-8-6-5-7-18(19)15-26(20)22(23)28/h5-12,20H,3-4,13-15H2,1-2H3,(H2,23,28)(H,24,27). The highest BCUT2D eigenvalue weighted by atomic mass is 16.2. The smallest absolute Gasteiger partial charge is 0.315 e. The molecule has 3 amide bonds. The van der Waals surface area contributed by atoms with Gasteiger partial charge >= 0.3 is 6.03 Å². The van der Waals surface area contributed by atoms with Crippen LogP contribution in [0.5, 0.6) is 0 Å². The van der Waals surface area contributed by atoms with Crippen molar-refractivity contribution in [2.45, 2.75) is 26.4 Å². The molecule has 1 aliphatic heterocycles. The van der Waals surface area contributed by atoms with Crippen LogP contribution in [0.25, 0.3) is 0 Å². The second-order valence-corrected chi connectivity index (χ2v) is 6.97. The van der Waals surface area contributed by atoms with Crippen molar-refractivity contribution in [2.24, 2.45) is 5.73 Å². The fraction of sp³-hybridized carbons (Fsp3) is 0.364. The first-order valence-corrected chi connectivity index (χ1v) is 9.79. The van der Waals surface area contributed by atoms with E-state index in [0.717, 1.165) is 36.3 Å². The van der Waals surface area contributed by atoms with E-state index in [9.17, 15) is 9.59 Å². The van der Waals surface area contributed by atoms with Crippen LogP contribution in [0.2, 0.25) is 0 Å². The fourth-order valence-corrected chi connectivity index (χ4v) is 3.74. The van der Waals surface area contributed by atoms with E-state index in [2.05, 4.69) is 24.1 Å². The van der Waals surface area contributed by atoms with Gasteiger partial charge < -0.3 is 20.9 Å². The largest absolute Gasteiger partial charge is 0.351 e. The molecule has 3 rings (SSSR count). The van der Waals surface area contributed by atoms with Gasteiger partial charge in [0.05, 0.1) is 6.04 Å². The van der Waals surface area contributed by atoms with Crippen LogP contribution in [0.1, 0.15) is 46.9 Å². The Morgan fingerprint density at radius 1 is 1.11 bits per heavy atom. The lowest BCUT2D eigenvalue weighted by Crippen LogP contribution is -2.35. The second-order valence-electron chi connectivity index (χ2n) is 6.97. The van der Waals surface area contributed by atoms with E-state index in [1.165, 1.54) is 0 Å². The average molecular weight is 380 g/mol. The summed E-state index contributed by atoms with van der Waals surface area (Å²) in [6, 6.07) is 14.7. The Labute approximate surface area is 166 Å². The first-order chi connectivity index (χ1) is 13.5. The average Bonchev–Trinajstić information content (AvgIpc) is 3.11.